The molecular weight excluding hydrogens is 254 g/mol. The molecule has 1 saturated carbocycles. The van der Waals surface area contributed by atoms with Crippen LogP contribution in [-0.4, -0.2) is 39.9 Å². The summed E-state index contributed by atoms with van der Waals surface area (Å²) < 4.78 is 5.54. The number of rotatable bonds is 6. The van der Waals surface area contributed by atoms with Crippen LogP contribution in [0.4, 0.5) is 5.82 Å². The van der Waals surface area contributed by atoms with Crippen LogP contribution >= 0.6 is 11.6 Å². The minimum absolute atomic E-state index is 0.202. The summed E-state index contributed by atoms with van der Waals surface area (Å²) in [4.78, 5) is 8.18. The molecule has 0 unspecified atom stereocenters. The summed E-state index contributed by atoms with van der Waals surface area (Å²) in [6.45, 7) is 2.23. The molecule has 2 aromatic rings. The van der Waals surface area contributed by atoms with Crippen LogP contribution < -0.4 is 5.32 Å². The van der Waals surface area contributed by atoms with Crippen molar-refractivity contribution in [1.29, 1.82) is 0 Å². The van der Waals surface area contributed by atoms with Gasteiger partial charge >= 0.3 is 0 Å². The van der Waals surface area contributed by atoms with E-state index >= 15 is 0 Å². The Bertz CT molecular complexity index is 539. The van der Waals surface area contributed by atoms with E-state index in [-0.39, 0.29) is 5.28 Å². The summed E-state index contributed by atoms with van der Waals surface area (Å²) in [7, 11) is 0. The maximum absolute atomic E-state index is 5.83. The zero-order valence-electron chi connectivity index (χ0n) is 9.82. The molecule has 2 N–H and O–H groups in total. The van der Waals surface area contributed by atoms with Crippen molar-refractivity contribution < 1.29 is 4.74 Å². The molecule has 0 radical (unpaired) electrons. The SMILES string of the molecule is Clc1nc(NCCOCC2CC2)c2cn[nH]c2n1. The zero-order valence-corrected chi connectivity index (χ0v) is 10.6. The second-order valence-corrected chi connectivity index (χ2v) is 4.76. The van der Waals surface area contributed by atoms with Gasteiger partial charge in [0.2, 0.25) is 5.28 Å². The number of ether oxygens (including phenoxy) is 1. The first kappa shape index (κ1) is 11.7. The molecule has 0 saturated heterocycles. The minimum Gasteiger partial charge on any atom is -0.379 e. The van der Waals surface area contributed by atoms with Gasteiger partial charge < -0.3 is 10.1 Å². The molecule has 1 aliphatic carbocycles. The lowest BCUT2D eigenvalue weighted by Gasteiger charge is -2.07. The number of anilines is 1. The average molecular weight is 268 g/mol. The summed E-state index contributed by atoms with van der Waals surface area (Å²) in [6, 6.07) is 0. The third-order valence-electron chi connectivity index (χ3n) is 2.87. The van der Waals surface area contributed by atoms with Crippen LogP contribution in [0.3, 0.4) is 0 Å². The molecule has 3 rings (SSSR count). The average Bonchev–Trinajstić information content (AvgIpc) is 3.05. The molecule has 0 aliphatic heterocycles. The number of nitrogens with zero attached hydrogens (tertiary/aromatic N) is 3. The van der Waals surface area contributed by atoms with Gasteiger partial charge in [0.1, 0.15) is 5.82 Å². The largest absolute Gasteiger partial charge is 0.379 e. The van der Waals surface area contributed by atoms with Gasteiger partial charge in [0.05, 0.1) is 18.2 Å². The predicted molar refractivity (Wildman–Crippen MR) is 68.7 cm³/mol. The van der Waals surface area contributed by atoms with Crippen LogP contribution in [-0.2, 0) is 4.74 Å². The molecule has 2 aromatic heterocycles. The van der Waals surface area contributed by atoms with E-state index in [1.807, 2.05) is 0 Å². The molecule has 1 aliphatic rings. The quantitative estimate of drug-likeness (QED) is 0.617. The first-order valence-electron chi connectivity index (χ1n) is 6.01. The number of aromatic nitrogens is 4. The third-order valence-corrected chi connectivity index (χ3v) is 3.04. The van der Waals surface area contributed by atoms with Crippen molar-refractivity contribution in [2.45, 2.75) is 12.8 Å². The van der Waals surface area contributed by atoms with Crippen molar-refractivity contribution in [3.8, 4) is 0 Å². The van der Waals surface area contributed by atoms with E-state index < -0.39 is 0 Å². The highest BCUT2D eigenvalue weighted by atomic mass is 35.5. The van der Waals surface area contributed by atoms with Gasteiger partial charge in [-0.2, -0.15) is 15.1 Å². The molecule has 2 heterocycles. The van der Waals surface area contributed by atoms with Crippen LogP contribution in [0.5, 0.6) is 0 Å². The molecule has 96 valence electrons. The van der Waals surface area contributed by atoms with E-state index in [9.17, 15) is 0 Å². The number of hydrogen-bond donors (Lipinski definition) is 2. The molecule has 0 bridgehead atoms. The zero-order chi connectivity index (χ0) is 12.4. The van der Waals surface area contributed by atoms with Crippen molar-refractivity contribution in [3.05, 3.63) is 11.5 Å². The Labute approximate surface area is 109 Å². The maximum atomic E-state index is 5.83. The molecule has 1 fully saturated rings. The Balaban J connectivity index is 1.57. The van der Waals surface area contributed by atoms with Crippen molar-refractivity contribution in [2.75, 3.05) is 25.1 Å². The van der Waals surface area contributed by atoms with E-state index in [2.05, 4.69) is 25.5 Å². The standard InChI is InChI=1S/C11H14ClN5O/c12-11-15-9(8-5-14-17-10(8)16-11)13-3-4-18-6-7-1-2-7/h5,7H,1-4,6H2,(H2,13,14,15,16,17). The van der Waals surface area contributed by atoms with E-state index in [0.29, 0.717) is 24.6 Å². The third kappa shape index (κ3) is 2.70. The number of nitrogens with one attached hydrogen (secondary N) is 2. The lowest BCUT2D eigenvalue weighted by molar-refractivity contribution is 0.134. The van der Waals surface area contributed by atoms with Gasteiger partial charge in [-0.25, -0.2) is 0 Å². The second kappa shape index (κ2) is 5.07. The van der Waals surface area contributed by atoms with E-state index in [1.54, 1.807) is 6.20 Å². The first-order valence-corrected chi connectivity index (χ1v) is 6.39. The fourth-order valence-corrected chi connectivity index (χ4v) is 1.89. The number of hydrogen-bond acceptors (Lipinski definition) is 5. The van der Waals surface area contributed by atoms with Gasteiger partial charge in [-0.15, -0.1) is 0 Å². The first-order chi connectivity index (χ1) is 8.83. The lowest BCUT2D eigenvalue weighted by atomic mass is 10.4. The summed E-state index contributed by atoms with van der Waals surface area (Å²) in [5.41, 5.74) is 0.636. The summed E-state index contributed by atoms with van der Waals surface area (Å²) in [5, 5.41) is 10.9. The van der Waals surface area contributed by atoms with E-state index in [4.69, 9.17) is 16.3 Å². The fourth-order valence-electron chi connectivity index (χ4n) is 1.72. The molecule has 0 atom stereocenters. The minimum atomic E-state index is 0.202. The number of halogens is 1. The van der Waals surface area contributed by atoms with E-state index in [0.717, 1.165) is 17.9 Å². The number of fused-ring (bicyclic) bond motifs is 1. The molecule has 7 heteroatoms. The Morgan fingerprint density at radius 1 is 1.44 bits per heavy atom. The Kier molecular flexibility index (Phi) is 3.29. The summed E-state index contributed by atoms with van der Waals surface area (Å²) in [5.74, 6) is 1.48. The molecule has 6 nitrogen and oxygen atoms in total. The van der Waals surface area contributed by atoms with Crippen molar-refractivity contribution in [1.82, 2.24) is 20.2 Å². The molecule has 18 heavy (non-hydrogen) atoms. The summed E-state index contributed by atoms with van der Waals surface area (Å²) >= 11 is 5.83. The highest BCUT2D eigenvalue weighted by molar-refractivity contribution is 6.28. The van der Waals surface area contributed by atoms with Gasteiger partial charge in [-0.05, 0) is 30.4 Å². The van der Waals surface area contributed by atoms with Gasteiger partial charge in [-0.1, -0.05) is 0 Å². The molecule has 0 aromatic carbocycles. The molecular formula is C11H14ClN5O. The van der Waals surface area contributed by atoms with Gasteiger partial charge in [0.15, 0.2) is 5.65 Å². The Hall–Kier alpha value is -1.40. The van der Waals surface area contributed by atoms with Crippen LogP contribution in [0, 0.1) is 5.92 Å². The summed E-state index contributed by atoms with van der Waals surface area (Å²) in [6.07, 6.45) is 4.30. The number of H-pyrrole nitrogens is 1. The number of aromatic amines is 1. The lowest BCUT2D eigenvalue weighted by Crippen LogP contribution is -2.12. The van der Waals surface area contributed by atoms with Crippen LogP contribution in [0.25, 0.3) is 11.0 Å². The molecule has 0 spiro atoms. The highest BCUT2D eigenvalue weighted by Gasteiger charge is 2.20. The normalized spacial score (nSPS) is 15.2. The maximum Gasteiger partial charge on any atom is 0.226 e. The highest BCUT2D eigenvalue weighted by Crippen LogP contribution is 2.28. The van der Waals surface area contributed by atoms with Crippen LogP contribution in [0.15, 0.2) is 6.20 Å². The fraction of sp³-hybridized carbons (Fsp3) is 0.545. The van der Waals surface area contributed by atoms with Gasteiger partial charge in [0, 0.05) is 13.2 Å². The van der Waals surface area contributed by atoms with Crippen molar-refractivity contribution >= 4 is 28.5 Å². The van der Waals surface area contributed by atoms with Gasteiger partial charge in [-0.3, -0.25) is 5.10 Å². The van der Waals surface area contributed by atoms with Crippen molar-refractivity contribution in [2.24, 2.45) is 5.92 Å². The monoisotopic (exact) mass is 267 g/mol. The van der Waals surface area contributed by atoms with Gasteiger partial charge in [0.25, 0.3) is 0 Å². The predicted octanol–water partition coefficient (Wildman–Crippen LogP) is 1.84. The van der Waals surface area contributed by atoms with Crippen molar-refractivity contribution in [3.63, 3.8) is 0 Å². The van der Waals surface area contributed by atoms with Crippen LogP contribution in [0.1, 0.15) is 12.8 Å². The Morgan fingerprint density at radius 3 is 3.17 bits per heavy atom. The molecule has 0 amide bonds. The smallest absolute Gasteiger partial charge is 0.226 e. The Morgan fingerprint density at radius 2 is 2.33 bits per heavy atom. The van der Waals surface area contributed by atoms with Crippen LogP contribution in [0.2, 0.25) is 5.28 Å². The topological polar surface area (TPSA) is 75.7 Å². The second-order valence-electron chi connectivity index (χ2n) is 4.42. The van der Waals surface area contributed by atoms with E-state index in [1.165, 1.54) is 12.8 Å².